The highest BCUT2D eigenvalue weighted by Gasteiger charge is 2.51. The van der Waals surface area contributed by atoms with Crippen LogP contribution in [0.15, 0.2) is 60.7 Å². The van der Waals surface area contributed by atoms with E-state index in [2.05, 4.69) is 36.5 Å². The molecule has 0 aromatic heterocycles. The zero-order valence-electron chi connectivity index (χ0n) is 38.5. The molecule has 0 spiro atoms. The molecule has 4 N–H and O–H groups in total. The van der Waals surface area contributed by atoms with Crippen LogP contribution in [0.2, 0.25) is 0 Å². The van der Waals surface area contributed by atoms with Gasteiger partial charge < -0.3 is 29.7 Å². The number of aliphatic hydroxyl groups is 2. The Morgan fingerprint density at radius 1 is 0.641 bits per heavy atom. The van der Waals surface area contributed by atoms with E-state index < -0.39 is 71.6 Å². The third kappa shape index (κ3) is 24.2. The fourth-order valence-corrected chi connectivity index (χ4v) is 8.78. The molecule has 362 valence electrons. The Morgan fingerprint density at radius 3 is 1.58 bits per heavy atom. The molecule has 1 aliphatic heterocycles. The average Bonchev–Trinajstić information content (AvgIpc) is 3.27. The highest BCUT2D eigenvalue weighted by molar-refractivity contribution is 7.80. The van der Waals surface area contributed by atoms with Gasteiger partial charge in [0, 0.05) is 12.8 Å². The average molecular weight is 918 g/mol. The molecule has 1 heterocycles. The molecule has 1 fully saturated rings. The minimum absolute atomic E-state index is 0.0484. The van der Waals surface area contributed by atoms with Gasteiger partial charge in [-0.2, -0.15) is 8.42 Å². The second-order valence-corrected chi connectivity index (χ2v) is 18.4. The lowest BCUT2D eigenvalue weighted by atomic mass is 9.96. The van der Waals surface area contributed by atoms with Crippen molar-refractivity contribution in [2.75, 3.05) is 6.61 Å². The Kier molecular flexibility index (Phi) is 28.4. The van der Waals surface area contributed by atoms with E-state index in [1.54, 1.807) is 0 Å². The van der Waals surface area contributed by atoms with Crippen molar-refractivity contribution in [3.05, 3.63) is 71.8 Å². The quantitative estimate of drug-likeness (QED) is 0.0288. The number of benzene rings is 2. The van der Waals surface area contributed by atoms with Crippen LogP contribution in [0.5, 0.6) is 0 Å². The lowest BCUT2D eigenvalue weighted by molar-refractivity contribution is -0.254. The fourth-order valence-electron chi connectivity index (χ4n) is 8.26. The summed E-state index contributed by atoms with van der Waals surface area (Å²) in [7, 11) is -5.19. The van der Waals surface area contributed by atoms with Gasteiger partial charge in [0.25, 0.3) is 5.91 Å². The summed E-state index contributed by atoms with van der Waals surface area (Å²) in [5.74, 6) is -2.09. The van der Waals surface area contributed by atoms with Gasteiger partial charge in [-0.25, -0.2) is 4.18 Å². The molecule has 14 heteroatoms. The van der Waals surface area contributed by atoms with E-state index in [9.17, 15) is 37.6 Å². The molecular formula is C50H79NO12S. The molecular weight excluding hydrogens is 839 g/mol. The first kappa shape index (κ1) is 54.9. The molecule has 0 aliphatic carbocycles. The summed E-state index contributed by atoms with van der Waals surface area (Å²) in [6.07, 6.45) is 15.6. The number of aliphatic hydroxyl groups excluding tert-OH is 2. The van der Waals surface area contributed by atoms with Gasteiger partial charge in [-0.15, -0.1) is 0 Å². The van der Waals surface area contributed by atoms with E-state index in [0.29, 0.717) is 19.3 Å². The molecule has 3 rings (SSSR count). The third-order valence-electron chi connectivity index (χ3n) is 11.9. The Hall–Kier alpha value is -3.40. The number of amides is 1. The van der Waals surface area contributed by atoms with Crippen molar-refractivity contribution in [3.63, 3.8) is 0 Å². The summed E-state index contributed by atoms with van der Waals surface area (Å²) in [6, 6.07) is 19.0. The van der Waals surface area contributed by atoms with Crippen LogP contribution in [0, 0.1) is 0 Å². The monoisotopic (exact) mass is 918 g/mol. The Labute approximate surface area is 383 Å². The number of esters is 2. The zero-order chi connectivity index (χ0) is 46.3. The van der Waals surface area contributed by atoms with Crippen LogP contribution in [0.1, 0.15) is 179 Å². The molecule has 0 radical (unpaired) electrons. The molecule has 1 saturated heterocycles. The van der Waals surface area contributed by atoms with Gasteiger partial charge in [0.2, 0.25) is 0 Å². The largest absolute Gasteiger partial charge is 0.457 e. The smallest absolute Gasteiger partial charge is 0.397 e. The van der Waals surface area contributed by atoms with Crippen LogP contribution >= 0.6 is 0 Å². The molecule has 0 bridgehead atoms. The molecule has 1 unspecified atom stereocenters. The fraction of sp³-hybridized carbons (Fsp3) is 0.700. The minimum atomic E-state index is -5.19. The van der Waals surface area contributed by atoms with E-state index in [-0.39, 0.29) is 19.3 Å². The first-order valence-electron chi connectivity index (χ1n) is 24.4. The summed E-state index contributed by atoms with van der Waals surface area (Å²) in [5.41, 5.74) is 2.62. The highest BCUT2D eigenvalue weighted by atomic mass is 32.3. The molecule has 1 amide bonds. The number of rotatable bonds is 36. The van der Waals surface area contributed by atoms with Gasteiger partial charge in [0.15, 0.2) is 18.5 Å². The van der Waals surface area contributed by atoms with Crippen LogP contribution < -0.4 is 5.32 Å². The SMILES string of the molecule is CCCCCCCCCCCCC(OC(=O)CCCCCCCCc1ccccc1)C(=O)N[C@@H]1[C@@H](OC(=O)CCCCCCCCc2ccccc2)[C@H](OS(=O)(=O)O)[C@@H](CO)O[C@@H]1O. The molecule has 13 nitrogen and oxygen atoms in total. The number of aryl methyl sites for hydroxylation is 2. The van der Waals surface area contributed by atoms with Gasteiger partial charge in [0.1, 0.15) is 18.2 Å². The van der Waals surface area contributed by atoms with Crippen molar-refractivity contribution in [1.82, 2.24) is 5.32 Å². The summed E-state index contributed by atoms with van der Waals surface area (Å²) in [6.45, 7) is 1.32. The van der Waals surface area contributed by atoms with Gasteiger partial charge in [-0.05, 0) is 62.5 Å². The minimum Gasteiger partial charge on any atom is -0.457 e. The molecule has 2 aromatic carbocycles. The van der Waals surface area contributed by atoms with Crippen LogP contribution in [-0.4, -0.2) is 84.4 Å². The zero-order valence-corrected chi connectivity index (χ0v) is 39.3. The Morgan fingerprint density at radius 2 is 1.09 bits per heavy atom. The van der Waals surface area contributed by atoms with E-state index in [4.69, 9.17) is 18.4 Å². The van der Waals surface area contributed by atoms with Crippen molar-refractivity contribution >= 4 is 28.2 Å². The predicted octanol–water partition coefficient (Wildman–Crippen LogP) is 9.45. The Bertz CT molecular complexity index is 1650. The van der Waals surface area contributed by atoms with Crippen LogP contribution in [0.25, 0.3) is 0 Å². The normalized spacial score (nSPS) is 19.2. The van der Waals surface area contributed by atoms with Gasteiger partial charge in [-0.1, -0.05) is 177 Å². The molecule has 6 atom stereocenters. The van der Waals surface area contributed by atoms with E-state index >= 15 is 0 Å². The highest BCUT2D eigenvalue weighted by Crippen LogP contribution is 2.28. The molecule has 64 heavy (non-hydrogen) atoms. The first-order valence-corrected chi connectivity index (χ1v) is 25.7. The lowest BCUT2D eigenvalue weighted by Gasteiger charge is -2.43. The maximum Gasteiger partial charge on any atom is 0.397 e. The van der Waals surface area contributed by atoms with Gasteiger partial charge >= 0.3 is 22.3 Å². The number of hydrogen-bond acceptors (Lipinski definition) is 11. The lowest BCUT2D eigenvalue weighted by Crippen LogP contribution is -2.67. The van der Waals surface area contributed by atoms with Crippen molar-refractivity contribution in [3.8, 4) is 0 Å². The maximum absolute atomic E-state index is 14.0. The summed E-state index contributed by atoms with van der Waals surface area (Å²) < 4.78 is 55.4. The third-order valence-corrected chi connectivity index (χ3v) is 12.4. The van der Waals surface area contributed by atoms with E-state index in [1.807, 2.05) is 36.4 Å². The standard InChI is InChI=1S/C50H79NO12S/c1-2-3-4-5-6-7-8-9-16-27-36-42(60-44(53)37-28-17-12-10-14-21-30-40-32-23-19-24-33-40)49(55)51-46-48(47(63-64(57,58)59)43(39-52)61-50(46)56)62-45(54)38-29-18-13-11-15-22-31-41-34-25-20-26-35-41/h19-20,23-26,32-35,42-43,46-48,50,52,56H,2-18,21-22,27-31,36-39H2,1H3,(H,51,55)(H,57,58,59)/t42?,43-,46-,47-,48-,50+/m1/s1. The Balaban J connectivity index is 1.58. The van der Waals surface area contributed by atoms with Crippen LogP contribution in [-0.2, 0) is 56.0 Å². The van der Waals surface area contributed by atoms with Crippen LogP contribution in [0.3, 0.4) is 0 Å². The van der Waals surface area contributed by atoms with Gasteiger partial charge in [-0.3, -0.25) is 18.9 Å². The van der Waals surface area contributed by atoms with Crippen molar-refractivity contribution in [1.29, 1.82) is 0 Å². The number of unbranched alkanes of at least 4 members (excludes halogenated alkanes) is 19. The second-order valence-electron chi connectivity index (χ2n) is 17.4. The molecule has 0 saturated carbocycles. The molecule has 1 aliphatic rings. The second kappa shape index (κ2) is 33.1. The number of nitrogens with one attached hydrogen (secondary N) is 1. The number of hydrogen-bond donors (Lipinski definition) is 4. The first-order chi connectivity index (χ1) is 31.0. The number of carbonyl (C=O) groups is 3. The number of carbonyl (C=O) groups excluding carboxylic acids is 3. The summed E-state index contributed by atoms with van der Waals surface area (Å²) >= 11 is 0. The van der Waals surface area contributed by atoms with Crippen LogP contribution in [0.4, 0.5) is 0 Å². The predicted molar refractivity (Wildman–Crippen MR) is 247 cm³/mol. The summed E-state index contributed by atoms with van der Waals surface area (Å²) in [4.78, 5) is 40.4. The molecule has 2 aromatic rings. The van der Waals surface area contributed by atoms with Gasteiger partial charge in [0.05, 0.1) is 6.61 Å². The topological polar surface area (TPSA) is 195 Å². The van der Waals surface area contributed by atoms with E-state index in [1.165, 1.54) is 43.2 Å². The summed E-state index contributed by atoms with van der Waals surface area (Å²) in [5, 5.41) is 23.7. The van der Waals surface area contributed by atoms with Crippen molar-refractivity contribution in [2.45, 2.75) is 217 Å². The van der Waals surface area contributed by atoms with Crippen molar-refractivity contribution in [2.24, 2.45) is 0 Å². The van der Waals surface area contributed by atoms with E-state index in [0.717, 1.165) is 103 Å². The van der Waals surface area contributed by atoms with Crippen molar-refractivity contribution < 1.29 is 56.0 Å². The number of ether oxygens (including phenoxy) is 3. The maximum atomic E-state index is 14.0.